The Hall–Kier alpha value is -6.85. The van der Waals surface area contributed by atoms with Crippen LogP contribution in [0.25, 0.3) is 110 Å². The van der Waals surface area contributed by atoms with Crippen LogP contribution in [0.4, 0.5) is 0 Å². The van der Waals surface area contributed by atoms with Crippen molar-refractivity contribution in [3.05, 3.63) is 151 Å². The summed E-state index contributed by atoms with van der Waals surface area (Å²) in [6.07, 6.45) is 0. The van der Waals surface area contributed by atoms with Gasteiger partial charge in [-0.1, -0.05) is 121 Å². The quantitative estimate of drug-likeness (QED) is 0.188. The van der Waals surface area contributed by atoms with Crippen LogP contribution < -0.4 is 0 Å². The highest BCUT2D eigenvalue weighted by Crippen LogP contribution is 2.43. The van der Waals surface area contributed by atoms with Crippen LogP contribution >= 0.6 is 0 Å². The Balaban J connectivity index is 1.45. The molecule has 50 heavy (non-hydrogen) atoms. The Morgan fingerprint density at radius 3 is 1.38 bits per heavy atom. The number of hydrogen-bond acceptors (Lipinski definition) is 5. The standard InChI is InChI=1S/C45H25N3O2/c1-2-12-27-23-30(22-21-26(27)11-1)43-46-44(35-24-28-13-3-5-15-31(28)41-39(35)33-17-7-9-19-37(33)49-41)48-45(47-43)36-25-29-14-4-6-16-32(29)42-40(36)34-18-8-10-20-38(34)50-42/h1-25H/i1D,2D,3D,4D,5D,6D,7D,8D,9D,10D,11D,12D,13D,14D,15D,16D,17D,18D,19D,20D,21D,22D,23D,24D,25D. The van der Waals surface area contributed by atoms with Crippen molar-refractivity contribution >= 4 is 76.2 Å². The summed E-state index contributed by atoms with van der Waals surface area (Å²) in [6.45, 7) is 0. The molecule has 0 spiro atoms. The lowest BCUT2D eigenvalue weighted by atomic mass is 9.98. The van der Waals surface area contributed by atoms with Gasteiger partial charge >= 0.3 is 0 Å². The van der Waals surface area contributed by atoms with Crippen molar-refractivity contribution in [1.29, 1.82) is 0 Å². The second kappa shape index (κ2) is 10.3. The fourth-order valence-corrected chi connectivity index (χ4v) is 5.94. The highest BCUT2D eigenvalue weighted by atomic mass is 16.3. The van der Waals surface area contributed by atoms with Crippen molar-refractivity contribution in [3.63, 3.8) is 0 Å². The number of benzene rings is 8. The van der Waals surface area contributed by atoms with E-state index < -0.39 is 261 Å². The van der Waals surface area contributed by atoms with Crippen LogP contribution in [0.5, 0.6) is 0 Å². The molecule has 0 aliphatic carbocycles. The van der Waals surface area contributed by atoms with Gasteiger partial charge in [0.05, 0.1) is 34.3 Å². The first kappa shape index (κ1) is 12.6. The van der Waals surface area contributed by atoms with Gasteiger partial charge < -0.3 is 8.83 Å². The lowest BCUT2D eigenvalue weighted by Gasteiger charge is -2.12. The van der Waals surface area contributed by atoms with E-state index in [2.05, 4.69) is 15.0 Å². The molecule has 3 heterocycles. The molecule has 0 bridgehead atoms. The number of para-hydroxylation sites is 2. The molecular formula is C45H25N3O2. The number of aromatic nitrogens is 3. The van der Waals surface area contributed by atoms with E-state index in [4.69, 9.17) is 37.6 Å². The Bertz CT molecular complexity index is 4380. The average molecular weight is 665 g/mol. The van der Waals surface area contributed by atoms with Crippen LogP contribution in [-0.2, 0) is 0 Å². The number of furan rings is 2. The third-order valence-electron chi connectivity index (χ3n) is 8.05. The molecular weight excluding hydrogens is 615 g/mol. The fourth-order valence-electron chi connectivity index (χ4n) is 5.94. The van der Waals surface area contributed by atoms with Gasteiger partial charge in [0.2, 0.25) is 0 Å². The van der Waals surface area contributed by atoms with E-state index >= 15 is 0 Å². The molecule has 0 atom stereocenters. The van der Waals surface area contributed by atoms with Gasteiger partial charge in [0.15, 0.2) is 17.5 Å². The van der Waals surface area contributed by atoms with Crippen molar-refractivity contribution in [2.24, 2.45) is 0 Å². The average Bonchev–Trinajstić information content (AvgIpc) is 3.99. The Morgan fingerprint density at radius 2 is 0.820 bits per heavy atom. The maximum atomic E-state index is 9.83. The molecule has 0 radical (unpaired) electrons. The van der Waals surface area contributed by atoms with E-state index in [1.165, 1.54) is 0 Å². The summed E-state index contributed by atoms with van der Waals surface area (Å²) >= 11 is 0. The van der Waals surface area contributed by atoms with Gasteiger partial charge in [0.25, 0.3) is 0 Å². The van der Waals surface area contributed by atoms with E-state index in [1.807, 2.05) is 0 Å². The summed E-state index contributed by atoms with van der Waals surface area (Å²) in [4.78, 5) is 13.8. The molecule has 11 rings (SSSR count). The zero-order valence-corrected chi connectivity index (χ0v) is 24.7. The van der Waals surface area contributed by atoms with Gasteiger partial charge in [-0.15, -0.1) is 0 Å². The summed E-state index contributed by atoms with van der Waals surface area (Å²) < 4.78 is 234. The first-order valence-electron chi connectivity index (χ1n) is 27.2. The van der Waals surface area contributed by atoms with Crippen LogP contribution in [0, 0.1) is 0 Å². The number of rotatable bonds is 3. The van der Waals surface area contributed by atoms with Crippen molar-refractivity contribution in [3.8, 4) is 34.2 Å². The summed E-state index contributed by atoms with van der Waals surface area (Å²) in [6, 6.07) is -20.3. The Kier molecular flexibility index (Phi) is 2.59. The lowest BCUT2D eigenvalue weighted by molar-refractivity contribution is 0.672. The molecule has 232 valence electrons. The molecule has 8 aromatic carbocycles. The molecule has 0 saturated heterocycles. The Labute approximate surface area is 320 Å². The van der Waals surface area contributed by atoms with Gasteiger partial charge in [0.1, 0.15) is 22.3 Å². The van der Waals surface area contributed by atoms with E-state index in [0.717, 1.165) is 0 Å². The fraction of sp³-hybridized carbons (Fsp3) is 0. The topological polar surface area (TPSA) is 65.0 Å². The predicted octanol–water partition coefficient (Wildman–Crippen LogP) is 12.1. The largest absolute Gasteiger partial charge is 0.455 e. The highest BCUT2D eigenvalue weighted by molar-refractivity contribution is 6.22. The molecule has 0 unspecified atom stereocenters. The van der Waals surface area contributed by atoms with Crippen molar-refractivity contribution < 1.29 is 43.1 Å². The molecule has 0 amide bonds. The van der Waals surface area contributed by atoms with E-state index in [1.54, 1.807) is 0 Å². The molecule has 0 saturated carbocycles. The maximum absolute atomic E-state index is 9.83. The summed E-state index contributed by atoms with van der Waals surface area (Å²) in [5.74, 6) is -2.47. The number of fused-ring (bicyclic) bond motifs is 11. The monoisotopic (exact) mass is 664 g/mol. The zero-order chi connectivity index (χ0) is 54.5. The van der Waals surface area contributed by atoms with Crippen LogP contribution in [0.1, 0.15) is 34.3 Å². The van der Waals surface area contributed by atoms with Crippen molar-refractivity contribution in [2.45, 2.75) is 0 Å². The van der Waals surface area contributed by atoms with Gasteiger partial charge in [-0.2, -0.15) is 0 Å². The molecule has 0 fully saturated rings. The zero-order valence-electron chi connectivity index (χ0n) is 49.7. The minimum Gasteiger partial charge on any atom is -0.455 e. The Morgan fingerprint density at radius 1 is 0.380 bits per heavy atom. The second-order valence-electron chi connectivity index (χ2n) is 10.8. The third-order valence-corrected chi connectivity index (χ3v) is 8.05. The van der Waals surface area contributed by atoms with Gasteiger partial charge in [0, 0.05) is 49.0 Å². The van der Waals surface area contributed by atoms with Crippen LogP contribution in [-0.4, -0.2) is 15.0 Å². The number of hydrogen-bond donors (Lipinski definition) is 0. The minimum absolute atomic E-state index is 0.458. The van der Waals surface area contributed by atoms with E-state index in [-0.39, 0.29) is 0 Å². The summed E-state index contributed by atoms with van der Waals surface area (Å²) in [5, 5.41) is -5.05. The van der Waals surface area contributed by atoms with Gasteiger partial charge in [-0.3, -0.25) is 0 Å². The molecule has 0 aliphatic rings. The normalized spacial score (nSPS) is 19.0. The second-order valence-corrected chi connectivity index (χ2v) is 10.8. The smallest absolute Gasteiger partial charge is 0.164 e. The lowest BCUT2D eigenvalue weighted by Crippen LogP contribution is -2.01. The van der Waals surface area contributed by atoms with E-state index in [9.17, 15) is 5.48 Å². The van der Waals surface area contributed by atoms with Crippen LogP contribution in [0.15, 0.2) is 160 Å². The van der Waals surface area contributed by atoms with E-state index in [0.29, 0.717) is 0 Å². The molecule has 0 aliphatic heterocycles. The molecule has 0 N–H and O–H groups in total. The molecule has 5 heteroatoms. The highest BCUT2D eigenvalue weighted by Gasteiger charge is 2.23. The molecule has 3 aromatic heterocycles. The number of nitrogens with zero attached hydrogens (tertiary/aromatic N) is 3. The van der Waals surface area contributed by atoms with Crippen molar-refractivity contribution in [2.75, 3.05) is 0 Å². The van der Waals surface area contributed by atoms with Crippen molar-refractivity contribution in [1.82, 2.24) is 15.0 Å². The summed E-state index contributed by atoms with van der Waals surface area (Å²) in [7, 11) is 0. The first-order valence-corrected chi connectivity index (χ1v) is 14.7. The third kappa shape index (κ3) is 3.98. The molecule has 5 nitrogen and oxygen atoms in total. The molecule has 11 aromatic rings. The summed E-state index contributed by atoms with van der Waals surface area (Å²) in [5.41, 5.74) is -4.21. The predicted molar refractivity (Wildman–Crippen MR) is 203 cm³/mol. The van der Waals surface area contributed by atoms with Crippen LogP contribution in [0.3, 0.4) is 0 Å². The SMILES string of the molecule is [2H]c1c([2H])c([2H])c2c(oc3c4c([2H])c([2H])c([2H])c([2H])c4c([2H])c(-c4nc(-c5c([2H])c([2H])c6c([2H])c([2H])c([2H])c([2H])c6c5[2H])nc(-c5c([2H])c6c([2H])c([2H])c([2H])c([2H])c6c6oc7c([2H])c([2H])c([2H])c([2H])c7c56)n4)c32)c1[2H]. The maximum Gasteiger partial charge on any atom is 0.164 e. The van der Waals surface area contributed by atoms with Gasteiger partial charge in [-0.25, -0.2) is 15.0 Å². The minimum atomic E-state index is -0.931. The first-order chi connectivity index (χ1) is 35.2. The van der Waals surface area contributed by atoms with Gasteiger partial charge in [-0.05, 0) is 51.8 Å². The van der Waals surface area contributed by atoms with Crippen LogP contribution in [0.2, 0.25) is 0 Å².